The Balaban J connectivity index is 2.30. The molecule has 0 fully saturated rings. The fourth-order valence-electron chi connectivity index (χ4n) is 3.16. The Labute approximate surface area is 173 Å². The van der Waals surface area contributed by atoms with Crippen molar-refractivity contribution in [1.82, 2.24) is 4.98 Å². The van der Waals surface area contributed by atoms with E-state index in [1.54, 1.807) is 12.1 Å². The molecule has 0 saturated carbocycles. The minimum Gasteiger partial charge on any atom is -0.493 e. The molecule has 0 bridgehead atoms. The maximum Gasteiger partial charge on any atom is 0.293 e. The van der Waals surface area contributed by atoms with Gasteiger partial charge in [0.05, 0.1) is 17.9 Å². The summed E-state index contributed by atoms with van der Waals surface area (Å²) in [6, 6.07) is 13.0. The van der Waals surface area contributed by atoms with Crippen molar-refractivity contribution >= 4 is 34.0 Å². The van der Waals surface area contributed by atoms with E-state index in [4.69, 9.17) is 21.9 Å². The molecule has 3 aromatic rings. The van der Waals surface area contributed by atoms with Crippen molar-refractivity contribution in [2.45, 2.75) is 6.92 Å². The van der Waals surface area contributed by atoms with Crippen LogP contribution in [-0.2, 0) is 4.79 Å². The molecule has 0 atom stereocenters. The third kappa shape index (κ3) is 3.93. The first-order valence-electron chi connectivity index (χ1n) is 9.09. The van der Waals surface area contributed by atoms with Crippen LogP contribution < -0.4 is 21.9 Å². The molecule has 0 aliphatic carbocycles. The molecule has 7 heteroatoms. The molecule has 0 spiro atoms. The third-order valence-corrected chi connectivity index (χ3v) is 4.40. The van der Waals surface area contributed by atoms with Crippen molar-refractivity contribution in [2.24, 2.45) is 11.5 Å². The zero-order chi connectivity index (χ0) is 21.8. The molecule has 150 valence electrons. The Morgan fingerprint density at radius 3 is 2.50 bits per heavy atom. The van der Waals surface area contributed by atoms with Crippen LogP contribution in [0.3, 0.4) is 0 Å². The quantitative estimate of drug-likeness (QED) is 0.566. The molecular weight excluding hydrogens is 380 g/mol. The van der Waals surface area contributed by atoms with Crippen LogP contribution in [0.5, 0.6) is 5.75 Å². The molecule has 2 amide bonds. The maximum atomic E-state index is 12.3. The number of carbonyl (C=O) groups excluding carboxylic acids is 2. The highest BCUT2D eigenvalue weighted by Crippen LogP contribution is 2.35. The Kier molecular flexibility index (Phi) is 5.70. The molecular formula is C23H20N4O3. The molecule has 3 rings (SSSR count). The molecule has 0 saturated heterocycles. The van der Waals surface area contributed by atoms with E-state index in [9.17, 15) is 9.59 Å². The van der Waals surface area contributed by atoms with Crippen LogP contribution in [-0.4, -0.2) is 23.4 Å². The fraction of sp³-hybridized carbons (Fsp3) is 0.0870. The lowest BCUT2D eigenvalue weighted by Crippen LogP contribution is -2.16. The van der Waals surface area contributed by atoms with Crippen molar-refractivity contribution < 1.29 is 14.3 Å². The number of benzene rings is 2. The van der Waals surface area contributed by atoms with Gasteiger partial charge in [-0.1, -0.05) is 42.8 Å². The second kappa shape index (κ2) is 8.37. The van der Waals surface area contributed by atoms with Gasteiger partial charge in [-0.2, -0.15) is 0 Å². The van der Waals surface area contributed by atoms with Crippen LogP contribution in [0.2, 0.25) is 0 Å². The number of rotatable bonds is 5. The number of fused-ring (bicyclic) bond motifs is 1. The number of ether oxygens (including phenoxy) is 1. The fourth-order valence-corrected chi connectivity index (χ4v) is 3.16. The van der Waals surface area contributed by atoms with E-state index in [0.717, 1.165) is 11.1 Å². The van der Waals surface area contributed by atoms with Gasteiger partial charge >= 0.3 is 0 Å². The highest BCUT2D eigenvalue weighted by atomic mass is 16.5. The number of anilines is 1. The SMILES string of the molecule is C=C(C#CC(N)=O)c1nc(N)c2ccc(-c3ccccc3OCC)cc2c1C(N)=O. The molecule has 0 aliphatic rings. The second-order valence-electron chi connectivity index (χ2n) is 6.37. The summed E-state index contributed by atoms with van der Waals surface area (Å²) in [5.74, 6) is 4.00. The summed E-state index contributed by atoms with van der Waals surface area (Å²) in [6.45, 7) is 6.19. The monoisotopic (exact) mass is 400 g/mol. The largest absolute Gasteiger partial charge is 0.493 e. The number of pyridine rings is 1. The number of nitrogens with two attached hydrogens (primary N) is 3. The van der Waals surface area contributed by atoms with Gasteiger partial charge in [0.1, 0.15) is 11.6 Å². The lowest BCUT2D eigenvalue weighted by atomic mass is 9.95. The Morgan fingerprint density at radius 1 is 1.10 bits per heavy atom. The van der Waals surface area contributed by atoms with Crippen LogP contribution in [0, 0.1) is 11.8 Å². The van der Waals surface area contributed by atoms with E-state index < -0.39 is 11.8 Å². The van der Waals surface area contributed by atoms with Crippen molar-refractivity contribution in [3.8, 4) is 28.7 Å². The molecule has 0 unspecified atom stereocenters. The highest BCUT2D eigenvalue weighted by molar-refractivity contribution is 6.13. The zero-order valence-electron chi connectivity index (χ0n) is 16.4. The number of para-hydroxylation sites is 1. The van der Waals surface area contributed by atoms with Gasteiger partial charge in [-0.25, -0.2) is 4.98 Å². The minimum atomic E-state index is -0.833. The Bertz CT molecular complexity index is 1250. The van der Waals surface area contributed by atoms with Crippen molar-refractivity contribution in [3.63, 3.8) is 0 Å². The van der Waals surface area contributed by atoms with E-state index in [1.165, 1.54) is 0 Å². The predicted octanol–water partition coefficient (Wildman–Crippen LogP) is 2.48. The topological polar surface area (TPSA) is 134 Å². The van der Waals surface area contributed by atoms with Crippen LogP contribution in [0.15, 0.2) is 49.0 Å². The van der Waals surface area contributed by atoms with E-state index in [2.05, 4.69) is 23.4 Å². The van der Waals surface area contributed by atoms with Crippen LogP contribution in [0.1, 0.15) is 23.0 Å². The zero-order valence-corrected chi connectivity index (χ0v) is 16.4. The van der Waals surface area contributed by atoms with Crippen LogP contribution >= 0.6 is 0 Å². The van der Waals surface area contributed by atoms with Crippen molar-refractivity contribution in [1.29, 1.82) is 0 Å². The maximum absolute atomic E-state index is 12.3. The predicted molar refractivity (Wildman–Crippen MR) is 117 cm³/mol. The lowest BCUT2D eigenvalue weighted by molar-refractivity contribution is -0.112. The number of allylic oxidation sites excluding steroid dienone is 1. The first kappa shape index (κ1) is 20.4. The molecule has 1 aromatic heterocycles. The Hall–Kier alpha value is -4.31. The van der Waals surface area contributed by atoms with Gasteiger partial charge in [-0.15, -0.1) is 0 Å². The number of aromatic nitrogens is 1. The average molecular weight is 400 g/mol. The van der Waals surface area contributed by atoms with E-state index in [0.29, 0.717) is 23.1 Å². The molecule has 2 aromatic carbocycles. The average Bonchev–Trinajstić information content (AvgIpc) is 2.71. The highest BCUT2D eigenvalue weighted by Gasteiger charge is 2.19. The summed E-state index contributed by atoms with van der Waals surface area (Å²) in [4.78, 5) is 27.6. The summed E-state index contributed by atoms with van der Waals surface area (Å²) in [5.41, 5.74) is 18.8. The van der Waals surface area contributed by atoms with Gasteiger partial charge in [-0.05, 0) is 24.6 Å². The first-order valence-corrected chi connectivity index (χ1v) is 9.09. The van der Waals surface area contributed by atoms with Crippen molar-refractivity contribution in [2.75, 3.05) is 12.3 Å². The number of nitrogens with zero attached hydrogens (tertiary/aromatic N) is 1. The third-order valence-electron chi connectivity index (χ3n) is 4.40. The number of carbonyl (C=O) groups is 2. The molecule has 0 radical (unpaired) electrons. The summed E-state index contributed by atoms with van der Waals surface area (Å²) >= 11 is 0. The summed E-state index contributed by atoms with van der Waals surface area (Å²) in [6.07, 6.45) is 0. The number of hydrogen-bond donors (Lipinski definition) is 3. The normalized spacial score (nSPS) is 10.2. The van der Waals surface area contributed by atoms with Gasteiger partial charge in [0.25, 0.3) is 11.8 Å². The number of hydrogen-bond acceptors (Lipinski definition) is 5. The first-order chi connectivity index (χ1) is 14.3. The van der Waals surface area contributed by atoms with Crippen LogP contribution in [0.25, 0.3) is 27.5 Å². The van der Waals surface area contributed by atoms with E-state index in [1.807, 2.05) is 37.3 Å². The minimum absolute atomic E-state index is 0.108. The van der Waals surface area contributed by atoms with Gasteiger partial charge < -0.3 is 21.9 Å². The number of nitrogen functional groups attached to an aromatic ring is 1. The molecule has 7 nitrogen and oxygen atoms in total. The van der Waals surface area contributed by atoms with Crippen molar-refractivity contribution in [3.05, 3.63) is 60.3 Å². The number of primary amides is 2. The summed E-state index contributed by atoms with van der Waals surface area (Å²) in [5, 5.41) is 1.05. The lowest BCUT2D eigenvalue weighted by Gasteiger charge is -2.14. The standard InChI is InChI=1S/C23H20N4O3/c1-3-30-18-7-5-4-6-15(18)14-9-10-16-17(12-14)20(23(26)29)21(27-22(16)25)13(2)8-11-19(24)28/h4-7,9-10,12H,2-3H2,1H3,(H2,24,28)(H2,25,27)(H2,26,29). The summed E-state index contributed by atoms with van der Waals surface area (Å²) < 4.78 is 5.72. The van der Waals surface area contributed by atoms with Gasteiger partial charge in [0.2, 0.25) is 0 Å². The van der Waals surface area contributed by atoms with E-state index >= 15 is 0 Å². The van der Waals surface area contributed by atoms with Gasteiger partial charge in [0, 0.05) is 27.8 Å². The number of amides is 2. The van der Waals surface area contributed by atoms with Gasteiger partial charge in [-0.3, -0.25) is 9.59 Å². The molecule has 1 heterocycles. The molecule has 30 heavy (non-hydrogen) atoms. The smallest absolute Gasteiger partial charge is 0.293 e. The van der Waals surface area contributed by atoms with E-state index in [-0.39, 0.29) is 22.6 Å². The Morgan fingerprint density at radius 2 is 1.83 bits per heavy atom. The van der Waals surface area contributed by atoms with Gasteiger partial charge in [0.15, 0.2) is 0 Å². The second-order valence-corrected chi connectivity index (χ2v) is 6.37. The molecule has 0 aliphatic heterocycles. The summed E-state index contributed by atoms with van der Waals surface area (Å²) in [7, 11) is 0. The molecule has 6 N–H and O–H groups in total. The van der Waals surface area contributed by atoms with Crippen LogP contribution in [0.4, 0.5) is 5.82 Å².